The van der Waals surface area contributed by atoms with E-state index in [-0.39, 0.29) is 29.2 Å². The van der Waals surface area contributed by atoms with Crippen LogP contribution in [0.15, 0.2) is 11.1 Å². The molecular formula is C12H22N4O3S. The minimum Gasteiger partial charge on any atom is -0.396 e. The van der Waals surface area contributed by atoms with Crippen molar-refractivity contribution in [3.8, 4) is 0 Å². The molecule has 1 aliphatic rings. The summed E-state index contributed by atoms with van der Waals surface area (Å²) in [6, 6.07) is 0. The highest BCUT2D eigenvalue weighted by Crippen LogP contribution is 2.29. The largest absolute Gasteiger partial charge is 0.396 e. The number of nitrogens with two attached hydrogens (primary N) is 1. The maximum Gasteiger partial charge on any atom is 0.245 e. The van der Waals surface area contributed by atoms with E-state index in [4.69, 9.17) is 5.73 Å². The van der Waals surface area contributed by atoms with Crippen molar-refractivity contribution < 1.29 is 13.5 Å². The molecule has 2 unspecified atom stereocenters. The van der Waals surface area contributed by atoms with E-state index in [1.165, 1.54) is 10.9 Å². The van der Waals surface area contributed by atoms with Gasteiger partial charge in [0.1, 0.15) is 4.90 Å². The van der Waals surface area contributed by atoms with Crippen LogP contribution in [0.25, 0.3) is 0 Å². The molecule has 4 N–H and O–H groups in total. The van der Waals surface area contributed by atoms with Crippen LogP contribution in [-0.2, 0) is 17.1 Å². The Morgan fingerprint density at radius 3 is 2.65 bits per heavy atom. The number of anilines is 1. The molecule has 1 fully saturated rings. The second kappa shape index (κ2) is 6.11. The number of rotatable bonds is 5. The molecule has 1 aromatic heterocycles. The molecule has 114 valence electrons. The Morgan fingerprint density at radius 2 is 2.10 bits per heavy atom. The molecule has 0 aromatic carbocycles. The van der Waals surface area contributed by atoms with Gasteiger partial charge >= 0.3 is 0 Å². The van der Waals surface area contributed by atoms with Gasteiger partial charge < -0.3 is 10.8 Å². The first-order valence-electron chi connectivity index (χ1n) is 6.83. The van der Waals surface area contributed by atoms with E-state index in [1.807, 2.05) is 0 Å². The molecule has 0 amide bonds. The van der Waals surface area contributed by atoms with Gasteiger partial charge in [-0.05, 0) is 24.7 Å². The fourth-order valence-electron chi connectivity index (χ4n) is 2.78. The van der Waals surface area contributed by atoms with Crippen LogP contribution in [0.1, 0.15) is 25.7 Å². The summed E-state index contributed by atoms with van der Waals surface area (Å²) in [6.07, 6.45) is 5.47. The van der Waals surface area contributed by atoms with Gasteiger partial charge in [-0.25, -0.2) is 13.1 Å². The molecule has 1 aliphatic carbocycles. The average molecular weight is 302 g/mol. The van der Waals surface area contributed by atoms with Crippen LogP contribution in [0.4, 0.5) is 5.82 Å². The fraction of sp³-hybridized carbons (Fsp3) is 0.750. The van der Waals surface area contributed by atoms with Gasteiger partial charge in [-0.2, -0.15) is 5.10 Å². The number of nitrogen functional groups attached to an aromatic ring is 1. The molecular weight excluding hydrogens is 280 g/mol. The van der Waals surface area contributed by atoms with Gasteiger partial charge in [0.25, 0.3) is 0 Å². The molecule has 1 heterocycles. The number of nitrogens with one attached hydrogen (secondary N) is 1. The fourth-order valence-corrected chi connectivity index (χ4v) is 3.98. The summed E-state index contributed by atoms with van der Waals surface area (Å²) in [4.78, 5) is 0.0105. The zero-order valence-electron chi connectivity index (χ0n) is 11.6. The van der Waals surface area contributed by atoms with E-state index in [9.17, 15) is 13.5 Å². The Morgan fingerprint density at radius 1 is 1.45 bits per heavy atom. The highest BCUT2D eigenvalue weighted by atomic mass is 32.2. The Balaban J connectivity index is 2.03. The molecule has 0 radical (unpaired) electrons. The first kappa shape index (κ1) is 15.3. The third-order valence-corrected chi connectivity index (χ3v) is 5.39. The van der Waals surface area contributed by atoms with E-state index in [0.29, 0.717) is 6.54 Å². The summed E-state index contributed by atoms with van der Waals surface area (Å²) in [7, 11) is -2.02. The van der Waals surface area contributed by atoms with Crippen LogP contribution in [0.5, 0.6) is 0 Å². The minimum atomic E-state index is -3.64. The zero-order valence-corrected chi connectivity index (χ0v) is 12.4. The van der Waals surface area contributed by atoms with E-state index in [0.717, 1.165) is 25.7 Å². The highest BCUT2D eigenvalue weighted by molar-refractivity contribution is 7.89. The van der Waals surface area contributed by atoms with Gasteiger partial charge in [-0.1, -0.05) is 12.8 Å². The molecule has 7 nitrogen and oxygen atoms in total. The van der Waals surface area contributed by atoms with Crippen molar-refractivity contribution in [1.82, 2.24) is 14.5 Å². The summed E-state index contributed by atoms with van der Waals surface area (Å²) >= 11 is 0. The lowest BCUT2D eigenvalue weighted by Gasteiger charge is -2.30. The standard InChI is InChI=1S/C12H22N4O3S/c1-16-7-11(12(13)15-16)20(18,19)14-6-9-4-2-3-5-10(9)8-17/h7,9-10,14,17H,2-6,8H2,1H3,(H2,13,15). The SMILES string of the molecule is Cn1cc(S(=O)(=O)NCC2CCCCC2CO)c(N)n1. The summed E-state index contributed by atoms with van der Waals surface area (Å²) < 4.78 is 28.4. The smallest absolute Gasteiger partial charge is 0.245 e. The van der Waals surface area contributed by atoms with Crippen molar-refractivity contribution in [1.29, 1.82) is 0 Å². The first-order chi connectivity index (χ1) is 9.44. The van der Waals surface area contributed by atoms with Crippen LogP contribution < -0.4 is 10.5 Å². The lowest BCUT2D eigenvalue weighted by atomic mass is 9.80. The van der Waals surface area contributed by atoms with Crippen molar-refractivity contribution in [3.63, 3.8) is 0 Å². The highest BCUT2D eigenvalue weighted by Gasteiger charge is 2.27. The van der Waals surface area contributed by atoms with E-state index in [1.54, 1.807) is 7.05 Å². The molecule has 1 saturated carbocycles. The number of hydrogen-bond donors (Lipinski definition) is 3. The molecule has 2 atom stereocenters. The number of nitrogens with zero attached hydrogens (tertiary/aromatic N) is 2. The molecule has 8 heteroatoms. The zero-order chi connectivity index (χ0) is 14.8. The maximum absolute atomic E-state index is 12.2. The lowest BCUT2D eigenvalue weighted by Crippen LogP contribution is -2.35. The normalized spacial score (nSPS) is 23.9. The molecule has 0 saturated heterocycles. The Hall–Kier alpha value is -1.12. The minimum absolute atomic E-state index is 0.00218. The average Bonchev–Trinajstić information content (AvgIpc) is 2.76. The van der Waals surface area contributed by atoms with Crippen LogP contribution in [0.3, 0.4) is 0 Å². The summed E-state index contributed by atoms with van der Waals surface area (Å²) in [5.74, 6) is 0.362. The van der Waals surface area contributed by atoms with Gasteiger partial charge in [0.05, 0.1) is 0 Å². The van der Waals surface area contributed by atoms with Crippen LogP contribution >= 0.6 is 0 Å². The van der Waals surface area contributed by atoms with E-state index >= 15 is 0 Å². The molecule has 1 aromatic rings. The Kier molecular flexibility index (Phi) is 4.66. The topological polar surface area (TPSA) is 110 Å². The third kappa shape index (κ3) is 3.31. The third-order valence-electron chi connectivity index (χ3n) is 3.95. The predicted molar refractivity (Wildman–Crippen MR) is 75.3 cm³/mol. The van der Waals surface area contributed by atoms with Gasteiger partial charge in [-0.15, -0.1) is 0 Å². The van der Waals surface area contributed by atoms with Crippen molar-refractivity contribution >= 4 is 15.8 Å². The monoisotopic (exact) mass is 302 g/mol. The second-order valence-electron chi connectivity index (χ2n) is 5.39. The maximum atomic E-state index is 12.2. The predicted octanol–water partition coefficient (Wildman–Crippen LogP) is 0.0793. The molecule has 0 spiro atoms. The number of sulfonamides is 1. The summed E-state index contributed by atoms with van der Waals surface area (Å²) in [6.45, 7) is 0.448. The molecule has 0 bridgehead atoms. The van der Waals surface area contributed by atoms with E-state index < -0.39 is 10.0 Å². The van der Waals surface area contributed by atoms with Crippen LogP contribution in [-0.4, -0.2) is 36.5 Å². The molecule has 0 aliphatic heterocycles. The number of hydrogen-bond acceptors (Lipinski definition) is 5. The number of aryl methyl sites for hydroxylation is 1. The number of aromatic nitrogens is 2. The van der Waals surface area contributed by atoms with Crippen molar-refractivity contribution in [2.75, 3.05) is 18.9 Å². The summed E-state index contributed by atoms with van der Waals surface area (Å²) in [5.41, 5.74) is 5.60. The van der Waals surface area contributed by atoms with Gasteiger partial charge in [0.15, 0.2) is 5.82 Å². The molecule has 2 rings (SSSR count). The van der Waals surface area contributed by atoms with Gasteiger partial charge in [0, 0.05) is 26.4 Å². The van der Waals surface area contributed by atoms with Gasteiger partial charge in [0.2, 0.25) is 10.0 Å². The lowest BCUT2D eigenvalue weighted by molar-refractivity contribution is 0.136. The van der Waals surface area contributed by atoms with Crippen molar-refractivity contribution in [3.05, 3.63) is 6.20 Å². The second-order valence-corrected chi connectivity index (χ2v) is 7.13. The molecule has 20 heavy (non-hydrogen) atoms. The quantitative estimate of drug-likeness (QED) is 0.713. The summed E-state index contributed by atoms with van der Waals surface area (Å²) in [5, 5.41) is 13.2. The van der Waals surface area contributed by atoms with E-state index in [2.05, 4.69) is 9.82 Å². The Bertz CT molecular complexity index is 555. The van der Waals surface area contributed by atoms with Gasteiger partial charge in [-0.3, -0.25) is 4.68 Å². The van der Waals surface area contributed by atoms with Crippen LogP contribution in [0.2, 0.25) is 0 Å². The number of aliphatic hydroxyl groups is 1. The van der Waals surface area contributed by atoms with Crippen LogP contribution in [0, 0.1) is 11.8 Å². The number of aliphatic hydroxyl groups excluding tert-OH is 1. The van der Waals surface area contributed by atoms with Crippen molar-refractivity contribution in [2.45, 2.75) is 30.6 Å². The first-order valence-corrected chi connectivity index (χ1v) is 8.32. The van der Waals surface area contributed by atoms with Crippen molar-refractivity contribution in [2.24, 2.45) is 18.9 Å². The Labute approximate surface area is 119 Å².